The van der Waals surface area contributed by atoms with Crippen molar-refractivity contribution in [3.8, 4) is 0 Å². The number of amides is 1. The molecule has 2 N–H and O–H groups in total. The van der Waals surface area contributed by atoms with Gasteiger partial charge in [-0.1, -0.05) is 19.0 Å². The molecule has 0 aliphatic heterocycles. The first kappa shape index (κ1) is 7.78. The van der Waals surface area contributed by atoms with Crippen molar-refractivity contribution in [2.24, 2.45) is 5.73 Å². The molecule has 0 radical (unpaired) electrons. The smallest absolute Gasteiger partial charge is 0.270 e. The van der Waals surface area contributed by atoms with Crippen LogP contribution in [-0.2, 0) is 0 Å². The fourth-order valence-corrected chi connectivity index (χ4v) is 0.678. The highest BCUT2D eigenvalue weighted by Crippen LogP contribution is 2.14. The third-order valence-electron chi connectivity index (χ3n) is 1.35. The highest BCUT2D eigenvalue weighted by molar-refractivity contribution is 5.90. The highest BCUT2D eigenvalue weighted by atomic mass is 16.5. The summed E-state index contributed by atoms with van der Waals surface area (Å²) in [5.41, 5.74) is 5.15. The summed E-state index contributed by atoms with van der Waals surface area (Å²) >= 11 is 0. The minimum atomic E-state index is -0.555. The van der Waals surface area contributed by atoms with Gasteiger partial charge in [-0.25, -0.2) is 0 Å². The van der Waals surface area contributed by atoms with Crippen molar-refractivity contribution in [1.29, 1.82) is 0 Å². The van der Waals surface area contributed by atoms with E-state index in [2.05, 4.69) is 5.16 Å². The molecular weight excluding hydrogens is 144 g/mol. The molecule has 1 heterocycles. The van der Waals surface area contributed by atoms with E-state index in [0.29, 0.717) is 5.76 Å². The van der Waals surface area contributed by atoms with Gasteiger partial charge in [-0.3, -0.25) is 4.79 Å². The molecule has 0 saturated heterocycles. The molecule has 0 saturated carbocycles. The van der Waals surface area contributed by atoms with Gasteiger partial charge in [-0.15, -0.1) is 0 Å². The minimum Gasteiger partial charge on any atom is -0.364 e. The first-order chi connectivity index (χ1) is 5.11. The second-order valence-electron chi connectivity index (χ2n) is 2.63. The largest absolute Gasteiger partial charge is 0.364 e. The van der Waals surface area contributed by atoms with Crippen LogP contribution >= 0.6 is 0 Å². The SMILES string of the molecule is CC(C)c1cc(C(N)=O)no1. The van der Waals surface area contributed by atoms with Crippen LogP contribution in [0, 0.1) is 0 Å². The standard InChI is InChI=1S/C7H10N2O2/c1-4(2)6-3-5(7(8)10)9-11-6/h3-4H,1-2H3,(H2,8,10). The summed E-state index contributed by atoms with van der Waals surface area (Å²) in [6.45, 7) is 3.90. The van der Waals surface area contributed by atoms with Crippen molar-refractivity contribution in [3.63, 3.8) is 0 Å². The Morgan fingerprint density at radius 3 is 2.64 bits per heavy atom. The highest BCUT2D eigenvalue weighted by Gasteiger charge is 2.10. The summed E-state index contributed by atoms with van der Waals surface area (Å²) in [5.74, 6) is 0.357. The average molecular weight is 154 g/mol. The number of primary amides is 1. The number of carbonyl (C=O) groups is 1. The van der Waals surface area contributed by atoms with E-state index in [4.69, 9.17) is 10.3 Å². The van der Waals surface area contributed by atoms with E-state index in [9.17, 15) is 4.79 Å². The lowest BCUT2D eigenvalue weighted by Crippen LogP contribution is -2.10. The molecular formula is C7H10N2O2. The van der Waals surface area contributed by atoms with Gasteiger partial charge in [0, 0.05) is 12.0 Å². The fourth-order valence-electron chi connectivity index (χ4n) is 0.678. The first-order valence-corrected chi connectivity index (χ1v) is 3.37. The van der Waals surface area contributed by atoms with Crippen molar-refractivity contribution >= 4 is 5.91 Å². The van der Waals surface area contributed by atoms with Crippen molar-refractivity contribution in [1.82, 2.24) is 5.16 Å². The molecule has 0 spiro atoms. The lowest BCUT2D eigenvalue weighted by Gasteiger charge is -1.92. The normalized spacial score (nSPS) is 10.5. The van der Waals surface area contributed by atoms with E-state index < -0.39 is 5.91 Å². The van der Waals surface area contributed by atoms with Crippen LogP contribution in [0.3, 0.4) is 0 Å². The van der Waals surface area contributed by atoms with Gasteiger partial charge in [-0.05, 0) is 0 Å². The summed E-state index contributed by atoms with van der Waals surface area (Å²) in [6.07, 6.45) is 0. The summed E-state index contributed by atoms with van der Waals surface area (Å²) in [6, 6.07) is 1.56. The number of nitrogens with two attached hydrogens (primary N) is 1. The Labute approximate surface area is 64.4 Å². The van der Waals surface area contributed by atoms with E-state index in [-0.39, 0.29) is 11.6 Å². The molecule has 1 aromatic heterocycles. The number of rotatable bonds is 2. The maximum atomic E-state index is 10.5. The van der Waals surface area contributed by atoms with Crippen LogP contribution < -0.4 is 5.73 Å². The maximum absolute atomic E-state index is 10.5. The van der Waals surface area contributed by atoms with E-state index in [1.165, 1.54) is 0 Å². The third-order valence-corrected chi connectivity index (χ3v) is 1.35. The van der Waals surface area contributed by atoms with Gasteiger partial charge in [0.05, 0.1) is 0 Å². The second-order valence-corrected chi connectivity index (χ2v) is 2.63. The average Bonchev–Trinajstić information content (AvgIpc) is 2.33. The van der Waals surface area contributed by atoms with E-state index >= 15 is 0 Å². The molecule has 0 unspecified atom stereocenters. The molecule has 0 aliphatic rings. The van der Waals surface area contributed by atoms with E-state index in [1.54, 1.807) is 6.07 Å². The van der Waals surface area contributed by atoms with Crippen LogP contribution in [0.1, 0.15) is 36.0 Å². The van der Waals surface area contributed by atoms with Crippen LogP contribution in [0.15, 0.2) is 10.6 Å². The zero-order chi connectivity index (χ0) is 8.43. The Hall–Kier alpha value is -1.32. The predicted molar refractivity (Wildman–Crippen MR) is 39.1 cm³/mol. The van der Waals surface area contributed by atoms with Gasteiger partial charge in [0.1, 0.15) is 5.76 Å². The van der Waals surface area contributed by atoms with Crippen molar-refractivity contribution < 1.29 is 9.32 Å². The van der Waals surface area contributed by atoms with Crippen LogP contribution in [0.2, 0.25) is 0 Å². The van der Waals surface area contributed by atoms with Crippen LogP contribution in [0.5, 0.6) is 0 Å². The van der Waals surface area contributed by atoms with Crippen LogP contribution in [-0.4, -0.2) is 11.1 Å². The van der Waals surface area contributed by atoms with Gasteiger partial charge >= 0.3 is 0 Å². The lowest BCUT2D eigenvalue weighted by atomic mass is 10.1. The molecule has 4 nitrogen and oxygen atoms in total. The molecule has 60 valence electrons. The maximum Gasteiger partial charge on any atom is 0.270 e. The number of hydrogen-bond donors (Lipinski definition) is 1. The van der Waals surface area contributed by atoms with Crippen LogP contribution in [0.25, 0.3) is 0 Å². The lowest BCUT2D eigenvalue weighted by molar-refractivity contribution is 0.0991. The number of carbonyl (C=O) groups excluding carboxylic acids is 1. The zero-order valence-electron chi connectivity index (χ0n) is 6.50. The van der Waals surface area contributed by atoms with E-state index in [0.717, 1.165) is 0 Å². The fraction of sp³-hybridized carbons (Fsp3) is 0.429. The van der Waals surface area contributed by atoms with Crippen LogP contribution in [0.4, 0.5) is 0 Å². The zero-order valence-corrected chi connectivity index (χ0v) is 6.50. The van der Waals surface area contributed by atoms with Gasteiger partial charge in [0.2, 0.25) is 0 Å². The van der Waals surface area contributed by atoms with Crippen molar-refractivity contribution in [2.75, 3.05) is 0 Å². The molecule has 0 aliphatic carbocycles. The van der Waals surface area contributed by atoms with Gasteiger partial charge in [0.15, 0.2) is 5.69 Å². The molecule has 0 aromatic carbocycles. The summed E-state index contributed by atoms with van der Waals surface area (Å²) in [7, 11) is 0. The number of hydrogen-bond acceptors (Lipinski definition) is 3. The quantitative estimate of drug-likeness (QED) is 0.687. The third kappa shape index (κ3) is 1.58. The number of nitrogens with zero attached hydrogens (tertiary/aromatic N) is 1. The Morgan fingerprint density at radius 1 is 1.73 bits per heavy atom. The Bertz CT molecular complexity index is 265. The van der Waals surface area contributed by atoms with E-state index in [1.807, 2.05) is 13.8 Å². The second kappa shape index (κ2) is 2.74. The molecule has 1 rings (SSSR count). The van der Waals surface area contributed by atoms with Crippen molar-refractivity contribution in [3.05, 3.63) is 17.5 Å². The molecule has 0 atom stereocenters. The molecule has 1 amide bonds. The van der Waals surface area contributed by atoms with Gasteiger partial charge in [0.25, 0.3) is 5.91 Å². The molecule has 0 fully saturated rings. The predicted octanol–water partition coefficient (Wildman–Crippen LogP) is 0.897. The molecule has 4 heteroatoms. The topological polar surface area (TPSA) is 69.1 Å². The van der Waals surface area contributed by atoms with Gasteiger partial charge < -0.3 is 10.3 Å². The molecule has 11 heavy (non-hydrogen) atoms. The summed E-state index contributed by atoms with van der Waals surface area (Å²) in [4.78, 5) is 10.5. The van der Waals surface area contributed by atoms with Crippen molar-refractivity contribution in [2.45, 2.75) is 19.8 Å². The molecule has 1 aromatic rings. The molecule has 0 bridgehead atoms. The Morgan fingerprint density at radius 2 is 2.36 bits per heavy atom. The van der Waals surface area contributed by atoms with Gasteiger partial charge in [-0.2, -0.15) is 0 Å². The monoisotopic (exact) mass is 154 g/mol. The summed E-state index contributed by atoms with van der Waals surface area (Å²) in [5, 5.41) is 3.49. The Balaban J connectivity index is 2.90. The Kier molecular flexibility index (Phi) is 1.94. The summed E-state index contributed by atoms with van der Waals surface area (Å²) < 4.78 is 4.84. The first-order valence-electron chi connectivity index (χ1n) is 3.37. The number of aromatic nitrogens is 1. The minimum absolute atomic E-state index is 0.189.